The third-order valence-corrected chi connectivity index (χ3v) is 5.23. The molecule has 2 fully saturated rings. The number of hydrogen-bond donors (Lipinski definition) is 0. The van der Waals surface area contributed by atoms with Gasteiger partial charge in [0.15, 0.2) is 5.78 Å². The van der Waals surface area contributed by atoms with Gasteiger partial charge in [-0.2, -0.15) is 0 Å². The molecule has 2 heterocycles. The zero-order valence-corrected chi connectivity index (χ0v) is 17.3. The highest BCUT2D eigenvalue weighted by atomic mass is 16.6. The third-order valence-electron chi connectivity index (χ3n) is 5.23. The van der Waals surface area contributed by atoms with Crippen molar-refractivity contribution in [3.63, 3.8) is 0 Å². The fourth-order valence-corrected chi connectivity index (χ4v) is 3.61. The van der Waals surface area contributed by atoms with Crippen LogP contribution in [-0.4, -0.2) is 77.5 Å². The van der Waals surface area contributed by atoms with E-state index in [1.165, 1.54) is 0 Å². The van der Waals surface area contributed by atoms with Gasteiger partial charge in [-0.15, -0.1) is 0 Å². The summed E-state index contributed by atoms with van der Waals surface area (Å²) in [4.78, 5) is 30.8. The Bertz CT molecular complexity index is 657. The molecule has 0 atom stereocenters. The third kappa shape index (κ3) is 5.79. The number of piperazine rings is 1. The molecule has 2 aliphatic heterocycles. The van der Waals surface area contributed by atoms with Crippen LogP contribution in [0.25, 0.3) is 0 Å². The monoisotopic (exact) mass is 386 g/mol. The van der Waals surface area contributed by atoms with E-state index in [1.54, 1.807) is 4.90 Å². The fraction of sp³-hybridized carbons (Fsp3) is 0.591. The Labute approximate surface area is 168 Å². The van der Waals surface area contributed by atoms with Gasteiger partial charge in [0.25, 0.3) is 0 Å². The average Bonchev–Trinajstić information content (AvgIpc) is 2.63. The van der Waals surface area contributed by atoms with Crippen molar-refractivity contribution in [3.8, 4) is 0 Å². The van der Waals surface area contributed by atoms with E-state index in [0.29, 0.717) is 12.5 Å². The Kier molecular flexibility index (Phi) is 6.73. The first-order valence-electron chi connectivity index (χ1n) is 10.2. The predicted molar refractivity (Wildman–Crippen MR) is 109 cm³/mol. The Balaban J connectivity index is 1.30. The molecule has 0 unspecified atom stereocenters. The van der Waals surface area contributed by atoms with E-state index in [9.17, 15) is 9.59 Å². The molecule has 1 amide bonds. The number of Topliss-reactive ketones (excluding diaryl/α,β-unsaturated/α-hetero) is 1. The molecule has 0 saturated carbocycles. The minimum Gasteiger partial charge on any atom is -0.444 e. The highest BCUT2D eigenvalue weighted by molar-refractivity contribution is 5.95. The van der Waals surface area contributed by atoms with Crippen molar-refractivity contribution < 1.29 is 14.3 Å². The van der Waals surface area contributed by atoms with E-state index in [2.05, 4.69) is 16.3 Å². The van der Waals surface area contributed by atoms with E-state index in [0.717, 1.165) is 51.3 Å². The van der Waals surface area contributed by atoms with Crippen molar-refractivity contribution in [2.45, 2.75) is 45.3 Å². The molecule has 6 heteroatoms. The average molecular weight is 387 g/mol. The van der Waals surface area contributed by atoms with Crippen LogP contribution in [0.5, 0.6) is 0 Å². The SMILES string of the molecule is CC(C)(C)OC(=O)N1CCN(C2CN([CH]CCC(=O)c3ccccc3)C2)CC1. The molecular weight excluding hydrogens is 354 g/mol. The van der Waals surface area contributed by atoms with Crippen LogP contribution in [0, 0.1) is 6.54 Å². The zero-order chi connectivity index (χ0) is 20.1. The second kappa shape index (κ2) is 9.05. The molecule has 6 nitrogen and oxygen atoms in total. The molecule has 1 aromatic carbocycles. The maximum absolute atomic E-state index is 12.1. The first kappa shape index (κ1) is 20.8. The molecule has 153 valence electrons. The summed E-state index contributed by atoms with van der Waals surface area (Å²) in [7, 11) is 0. The Morgan fingerprint density at radius 3 is 2.32 bits per heavy atom. The number of carbonyl (C=O) groups is 2. The lowest BCUT2D eigenvalue weighted by Gasteiger charge is -2.48. The quantitative estimate of drug-likeness (QED) is 0.704. The van der Waals surface area contributed by atoms with E-state index in [4.69, 9.17) is 4.74 Å². The first-order chi connectivity index (χ1) is 13.3. The van der Waals surface area contributed by atoms with Crippen LogP contribution in [0.3, 0.4) is 0 Å². The fourth-order valence-electron chi connectivity index (χ4n) is 3.61. The van der Waals surface area contributed by atoms with E-state index in [-0.39, 0.29) is 11.9 Å². The van der Waals surface area contributed by atoms with E-state index >= 15 is 0 Å². The number of carbonyl (C=O) groups excluding carboxylic acids is 2. The van der Waals surface area contributed by atoms with Crippen LogP contribution in [0.15, 0.2) is 30.3 Å². The van der Waals surface area contributed by atoms with Gasteiger partial charge < -0.3 is 9.64 Å². The molecule has 1 radical (unpaired) electrons. The van der Waals surface area contributed by atoms with Crippen molar-refractivity contribution in [1.29, 1.82) is 0 Å². The van der Waals surface area contributed by atoms with Gasteiger partial charge >= 0.3 is 6.09 Å². The zero-order valence-electron chi connectivity index (χ0n) is 17.3. The lowest BCUT2D eigenvalue weighted by atomic mass is 10.0. The first-order valence-corrected chi connectivity index (χ1v) is 10.2. The molecule has 28 heavy (non-hydrogen) atoms. The van der Waals surface area contributed by atoms with Gasteiger partial charge in [-0.3, -0.25) is 14.6 Å². The Morgan fingerprint density at radius 2 is 1.71 bits per heavy atom. The molecule has 0 aliphatic carbocycles. The van der Waals surface area contributed by atoms with Gasteiger partial charge in [-0.05, 0) is 27.2 Å². The van der Waals surface area contributed by atoms with Gasteiger partial charge in [-0.25, -0.2) is 4.79 Å². The molecule has 0 bridgehead atoms. The standard InChI is InChI=1S/C22H32N3O3/c1-22(2,3)28-21(27)25-14-12-24(13-15-25)19-16-23(17-19)11-7-10-20(26)18-8-5-4-6-9-18/h4-6,8-9,11,19H,7,10,12-17H2,1-3H3. The predicted octanol–water partition coefficient (Wildman–Crippen LogP) is 3.05. The Morgan fingerprint density at radius 1 is 1.07 bits per heavy atom. The van der Waals surface area contributed by atoms with Crippen LogP contribution >= 0.6 is 0 Å². The lowest BCUT2D eigenvalue weighted by Crippen LogP contribution is -2.62. The van der Waals surface area contributed by atoms with Crippen LogP contribution in [0.1, 0.15) is 44.0 Å². The molecule has 0 spiro atoms. The molecule has 3 rings (SSSR count). The highest BCUT2D eigenvalue weighted by Crippen LogP contribution is 2.20. The summed E-state index contributed by atoms with van der Waals surface area (Å²) in [5.74, 6) is 0.201. The van der Waals surface area contributed by atoms with Gasteiger partial charge in [-0.1, -0.05) is 30.3 Å². The number of benzene rings is 1. The summed E-state index contributed by atoms with van der Waals surface area (Å²) in [6, 6.07) is 10.0. The topological polar surface area (TPSA) is 53.1 Å². The van der Waals surface area contributed by atoms with Crippen LogP contribution in [0.2, 0.25) is 0 Å². The van der Waals surface area contributed by atoms with Gasteiger partial charge in [0.05, 0.1) is 0 Å². The highest BCUT2D eigenvalue weighted by Gasteiger charge is 2.34. The molecule has 2 aliphatic rings. The van der Waals surface area contributed by atoms with E-state index in [1.807, 2.05) is 51.1 Å². The van der Waals surface area contributed by atoms with Crippen molar-refractivity contribution in [2.24, 2.45) is 0 Å². The largest absolute Gasteiger partial charge is 0.444 e. The van der Waals surface area contributed by atoms with E-state index < -0.39 is 5.60 Å². The van der Waals surface area contributed by atoms with Crippen LogP contribution in [-0.2, 0) is 4.74 Å². The summed E-state index contributed by atoms with van der Waals surface area (Å²) in [5, 5.41) is 0. The van der Waals surface area contributed by atoms with Crippen molar-refractivity contribution in [1.82, 2.24) is 14.7 Å². The summed E-state index contributed by atoms with van der Waals surface area (Å²) < 4.78 is 5.45. The summed E-state index contributed by atoms with van der Waals surface area (Å²) >= 11 is 0. The lowest BCUT2D eigenvalue weighted by molar-refractivity contribution is -0.00667. The normalized spacial score (nSPS) is 19.3. The van der Waals surface area contributed by atoms with Gasteiger partial charge in [0.2, 0.25) is 0 Å². The number of likely N-dealkylation sites (tertiary alicyclic amines) is 1. The van der Waals surface area contributed by atoms with Gasteiger partial charge in [0, 0.05) is 63.8 Å². The maximum atomic E-state index is 12.1. The minimum absolute atomic E-state index is 0.201. The minimum atomic E-state index is -0.444. The van der Waals surface area contributed by atoms with Crippen molar-refractivity contribution >= 4 is 11.9 Å². The van der Waals surface area contributed by atoms with Crippen LogP contribution in [0.4, 0.5) is 4.79 Å². The van der Waals surface area contributed by atoms with Crippen molar-refractivity contribution in [2.75, 3.05) is 39.3 Å². The Hall–Kier alpha value is -1.92. The van der Waals surface area contributed by atoms with Crippen molar-refractivity contribution in [3.05, 3.63) is 42.4 Å². The molecule has 1 aromatic rings. The number of hydrogen-bond acceptors (Lipinski definition) is 5. The number of ether oxygens (including phenoxy) is 1. The summed E-state index contributed by atoms with van der Waals surface area (Å²) in [6.07, 6.45) is 1.13. The molecule has 0 N–H and O–H groups in total. The number of rotatable bonds is 6. The second-order valence-corrected chi connectivity index (χ2v) is 8.62. The summed E-state index contributed by atoms with van der Waals surface area (Å²) in [5.41, 5.74) is 0.348. The summed E-state index contributed by atoms with van der Waals surface area (Å²) in [6.45, 7) is 13.1. The second-order valence-electron chi connectivity index (χ2n) is 8.62. The molecular formula is C22H32N3O3. The molecule has 0 aromatic heterocycles. The number of nitrogens with zero attached hydrogens (tertiary/aromatic N) is 3. The molecule has 2 saturated heterocycles. The maximum Gasteiger partial charge on any atom is 0.410 e. The number of ketones is 1. The van der Waals surface area contributed by atoms with Gasteiger partial charge in [0.1, 0.15) is 5.60 Å². The smallest absolute Gasteiger partial charge is 0.410 e. The van der Waals surface area contributed by atoms with Crippen LogP contribution < -0.4 is 0 Å². The number of amides is 1.